The van der Waals surface area contributed by atoms with E-state index in [2.05, 4.69) is 56.9 Å². The minimum absolute atomic E-state index is 0.713. The van der Waals surface area contributed by atoms with Gasteiger partial charge in [0.1, 0.15) is 5.82 Å². The summed E-state index contributed by atoms with van der Waals surface area (Å²) in [5.41, 5.74) is 0. The zero-order chi connectivity index (χ0) is 13.4. The van der Waals surface area contributed by atoms with Gasteiger partial charge in [0, 0.05) is 25.8 Å². The second kappa shape index (κ2) is 8.29. The first-order valence-electron chi connectivity index (χ1n) is 6.74. The molecule has 1 aromatic heterocycles. The molecule has 102 valence electrons. The summed E-state index contributed by atoms with van der Waals surface area (Å²) >= 11 is 3.54. The Morgan fingerprint density at radius 3 is 2.67 bits per heavy atom. The molecule has 1 aromatic rings. The highest BCUT2D eigenvalue weighted by Crippen LogP contribution is 2.24. The molecule has 1 N–H and O–H groups in total. The maximum Gasteiger partial charge on any atom is 0.224 e. The third-order valence-electron chi connectivity index (χ3n) is 2.72. The Kier molecular flexibility index (Phi) is 7.01. The summed E-state index contributed by atoms with van der Waals surface area (Å²) in [7, 11) is 0. The number of anilines is 2. The van der Waals surface area contributed by atoms with E-state index in [0.29, 0.717) is 5.95 Å². The zero-order valence-corrected chi connectivity index (χ0v) is 13.1. The van der Waals surface area contributed by atoms with Crippen LogP contribution in [0.5, 0.6) is 0 Å². The van der Waals surface area contributed by atoms with E-state index in [0.717, 1.165) is 36.3 Å². The minimum atomic E-state index is 0.713. The number of nitrogens with zero attached hydrogens (tertiary/aromatic N) is 3. The molecule has 18 heavy (non-hydrogen) atoms. The van der Waals surface area contributed by atoms with E-state index in [-0.39, 0.29) is 0 Å². The summed E-state index contributed by atoms with van der Waals surface area (Å²) in [4.78, 5) is 11.2. The van der Waals surface area contributed by atoms with Gasteiger partial charge in [-0.05, 0) is 35.7 Å². The number of nitrogens with one attached hydrogen (secondary N) is 1. The molecule has 0 fully saturated rings. The van der Waals surface area contributed by atoms with Crippen LogP contribution in [0.1, 0.15) is 40.0 Å². The van der Waals surface area contributed by atoms with Gasteiger partial charge in [-0.25, -0.2) is 4.98 Å². The van der Waals surface area contributed by atoms with Gasteiger partial charge in [-0.15, -0.1) is 0 Å². The third-order valence-corrected chi connectivity index (χ3v) is 3.28. The lowest BCUT2D eigenvalue weighted by atomic mass is 10.3. The molecule has 0 aliphatic heterocycles. The first kappa shape index (κ1) is 15.2. The maximum atomic E-state index is 4.59. The molecule has 0 bridgehead atoms. The summed E-state index contributed by atoms with van der Waals surface area (Å²) in [5, 5.41) is 3.23. The van der Waals surface area contributed by atoms with Crippen LogP contribution in [0.4, 0.5) is 11.8 Å². The largest absolute Gasteiger partial charge is 0.356 e. The fourth-order valence-corrected chi connectivity index (χ4v) is 2.11. The molecule has 0 unspecified atom stereocenters. The van der Waals surface area contributed by atoms with E-state index in [4.69, 9.17) is 0 Å². The molecular weight excluding hydrogens is 292 g/mol. The van der Waals surface area contributed by atoms with Gasteiger partial charge in [0.2, 0.25) is 5.95 Å². The highest BCUT2D eigenvalue weighted by atomic mass is 79.9. The fraction of sp³-hybridized carbons (Fsp3) is 0.692. The predicted octanol–water partition coefficient (Wildman–Crippen LogP) is 3.69. The van der Waals surface area contributed by atoms with Gasteiger partial charge in [0.05, 0.1) is 4.47 Å². The molecule has 1 rings (SSSR count). The average Bonchev–Trinajstić information content (AvgIpc) is 2.39. The molecular formula is C13H23BrN4. The first-order chi connectivity index (χ1) is 8.72. The lowest BCUT2D eigenvalue weighted by Gasteiger charge is -2.23. The molecule has 0 aliphatic carbocycles. The topological polar surface area (TPSA) is 41.1 Å². The van der Waals surface area contributed by atoms with Crippen molar-refractivity contribution < 1.29 is 0 Å². The van der Waals surface area contributed by atoms with Gasteiger partial charge < -0.3 is 10.2 Å². The molecule has 0 aliphatic rings. The minimum Gasteiger partial charge on any atom is -0.356 e. The van der Waals surface area contributed by atoms with Gasteiger partial charge in [-0.2, -0.15) is 4.98 Å². The molecule has 4 nitrogen and oxygen atoms in total. The van der Waals surface area contributed by atoms with Crippen LogP contribution in [0.15, 0.2) is 10.7 Å². The van der Waals surface area contributed by atoms with Crippen molar-refractivity contribution in [3.63, 3.8) is 0 Å². The van der Waals surface area contributed by atoms with E-state index in [1.54, 1.807) is 0 Å². The van der Waals surface area contributed by atoms with Crippen molar-refractivity contribution in [2.45, 2.75) is 40.0 Å². The van der Waals surface area contributed by atoms with Crippen molar-refractivity contribution in [3.8, 4) is 0 Å². The summed E-state index contributed by atoms with van der Waals surface area (Å²) in [6.07, 6.45) is 5.28. The van der Waals surface area contributed by atoms with Gasteiger partial charge in [0.15, 0.2) is 0 Å². The summed E-state index contributed by atoms with van der Waals surface area (Å²) in [5.74, 6) is 1.70. The zero-order valence-electron chi connectivity index (χ0n) is 11.5. The second-order valence-corrected chi connectivity index (χ2v) is 5.08. The maximum absolute atomic E-state index is 4.59. The number of rotatable bonds is 8. The van der Waals surface area contributed by atoms with Crippen LogP contribution in [0.3, 0.4) is 0 Å². The van der Waals surface area contributed by atoms with Gasteiger partial charge in [-0.3, -0.25) is 0 Å². The number of halogens is 1. The Morgan fingerprint density at radius 1 is 1.28 bits per heavy atom. The standard InChI is InChI=1S/C13H23BrN4/c1-4-7-9-18(6-3)12-11(14)10-16-13(17-12)15-8-5-2/h10H,4-9H2,1-3H3,(H,15,16,17). The lowest BCUT2D eigenvalue weighted by molar-refractivity contribution is 0.721. The smallest absolute Gasteiger partial charge is 0.224 e. The van der Waals surface area contributed by atoms with Gasteiger partial charge >= 0.3 is 0 Å². The quantitative estimate of drug-likeness (QED) is 0.794. The average molecular weight is 315 g/mol. The van der Waals surface area contributed by atoms with E-state index in [1.807, 2.05) is 6.20 Å². The fourth-order valence-electron chi connectivity index (χ4n) is 1.66. The van der Waals surface area contributed by atoms with E-state index >= 15 is 0 Å². The van der Waals surface area contributed by atoms with Crippen molar-refractivity contribution in [1.29, 1.82) is 0 Å². The summed E-state index contributed by atoms with van der Waals surface area (Å²) < 4.78 is 0.961. The molecule has 5 heteroatoms. The van der Waals surface area contributed by atoms with E-state index < -0.39 is 0 Å². The molecule has 0 radical (unpaired) electrons. The number of hydrogen-bond acceptors (Lipinski definition) is 4. The Labute approximate surface area is 118 Å². The Hall–Kier alpha value is -0.840. The van der Waals surface area contributed by atoms with Gasteiger partial charge in [0.25, 0.3) is 0 Å². The molecule has 0 amide bonds. The number of hydrogen-bond donors (Lipinski definition) is 1. The van der Waals surface area contributed by atoms with Crippen LogP contribution in [0.2, 0.25) is 0 Å². The monoisotopic (exact) mass is 314 g/mol. The van der Waals surface area contributed by atoms with Crippen LogP contribution in [-0.4, -0.2) is 29.6 Å². The van der Waals surface area contributed by atoms with Crippen molar-refractivity contribution >= 4 is 27.7 Å². The number of unbranched alkanes of at least 4 members (excludes halogenated alkanes) is 1. The molecule has 0 saturated heterocycles. The Balaban J connectivity index is 2.83. The Morgan fingerprint density at radius 2 is 2.06 bits per heavy atom. The van der Waals surface area contributed by atoms with E-state index in [1.165, 1.54) is 12.8 Å². The second-order valence-electron chi connectivity index (χ2n) is 4.23. The highest BCUT2D eigenvalue weighted by molar-refractivity contribution is 9.10. The van der Waals surface area contributed by atoms with Gasteiger partial charge in [-0.1, -0.05) is 20.3 Å². The van der Waals surface area contributed by atoms with Crippen molar-refractivity contribution in [3.05, 3.63) is 10.7 Å². The Bertz CT molecular complexity index is 357. The highest BCUT2D eigenvalue weighted by Gasteiger charge is 2.11. The summed E-state index contributed by atoms with van der Waals surface area (Å²) in [6.45, 7) is 9.40. The summed E-state index contributed by atoms with van der Waals surface area (Å²) in [6, 6.07) is 0. The van der Waals surface area contributed by atoms with Crippen LogP contribution in [0, 0.1) is 0 Å². The first-order valence-corrected chi connectivity index (χ1v) is 7.53. The molecule has 0 aromatic carbocycles. The normalized spacial score (nSPS) is 10.4. The third kappa shape index (κ3) is 4.44. The van der Waals surface area contributed by atoms with Crippen LogP contribution in [-0.2, 0) is 0 Å². The van der Waals surface area contributed by atoms with E-state index in [9.17, 15) is 0 Å². The SMILES string of the molecule is CCCCN(CC)c1nc(NCCC)ncc1Br. The van der Waals surface area contributed by atoms with Crippen molar-refractivity contribution in [1.82, 2.24) is 9.97 Å². The molecule has 0 atom stereocenters. The molecule has 0 spiro atoms. The van der Waals surface area contributed by atoms with Crippen LogP contribution in [0.25, 0.3) is 0 Å². The van der Waals surface area contributed by atoms with Crippen molar-refractivity contribution in [2.75, 3.05) is 29.9 Å². The molecule has 1 heterocycles. The number of aromatic nitrogens is 2. The predicted molar refractivity (Wildman–Crippen MR) is 81.3 cm³/mol. The van der Waals surface area contributed by atoms with Crippen molar-refractivity contribution in [2.24, 2.45) is 0 Å². The van der Waals surface area contributed by atoms with Crippen LogP contribution >= 0.6 is 15.9 Å². The van der Waals surface area contributed by atoms with Crippen LogP contribution < -0.4 is 10.2 Å². The lowest BCUT2D eigenvalue weighted by Crippen LogP contribution is -2.25. The molecule has 0 saturated carbocycles.